The van der Waals surface area contributed by atoms with E-state index in [1.807, 2.05) is 13.0 Å². The van der Waals surface area contributed by atoms with Gasteiger partial charge in [0.1, 0.15) is 16.5 Å². The number of benzene rings is 1. The maximum Gasteiger partial charge on any atom is 0.303 e. The molecule has 100 valence electrons. The van der Waals surface area contributed by atoms with Crippen molar-refractivity contribution in [2.24, 2.45) is 0 Å². The number of methoxy groups -OCH3 is 2. The Kier molecular flexibility index (Phi) is 5.28. The molecule has 0 spiro atoms. The van der Waals surface area contributed by atoms with Crippen LogP contribution in [0.25, 0.3) is 0 Å². The normalized spacial score (nSPS) is 10.2. The smallest absolute Gasteiger partial charge is 0.303 e. The molecule has 0 heterocycles. The highest BCUT2D eigenvalue weighted by Gasteiger charge is 2.17. The zero-order valence-electron chi connectivity index (χ0n) is 10.7. The van der Waals surface area contributed by atoms with Crippen LogP contribution in [0, 0.1) is 0 Å². The van der Waals surface area contributed by atoms with Crippen molar-refractivity contribution in [2.45, 2.75) is 26.2 Å². The fourth-order valence-electron chi connectivity index (χ4n) is 1.86. The minimum Gasteiger partial charge on any atom is -0.495 e. The summed E-state index contributed by atoms with van der Waals surface area (Å²) in [4.78, 5) is 10.6. The summed E-state index contributed by atoms with van der Waals surface area (Å²) in [6.45, 7) is 1.99. The van der Waals surface area contributed by atoms with Crippen molar-refractivity contribution in [2.75, 3.05) is 14.2 Å². The van der Waals surface area contributed by atoms with E-state index in [1.165, 1.54) is 7.11 Å². The van der Waals surface area contributed by atoms with E-state index in [2.05, 4.69) is 0 Å². The summed E-state index contributed by atoms with van der Waals surface area (Å²) in [5.41, 5.74) is 1.74. The molecular formula is C13H17ClO4. The highest BCUT2D eigenvalue weighted by Crippen LogP contribution is 2.40. The maximum atomic E-state index is 10.6. The average Bonchev–Trinajstić information content (AvgIpc) is 2.35. The Balaban J connectivity index is 3.23. The summed E-state index contributed by atoms with van der Waals surface area (Å²) in [5.74, 6) is 0.240. The summed E-state index contributed by atoms with van der Waals surface area (Å²) in [5, 5.41) is 9.14. The number of rotatable bonds is 6. The predicted octanol–water partition coefficient (Wildman–Crippen LogP) is 2.94. The molecule has 5 heteroatoms. The van der Waals surface area contributed by atoms with Crippen LogP contribution < -0.4 is 9.47 Å². The number of carboxylic acid groups (broad SMARTS) is 1. The van der Waals surface area contributed by atoms with E-state index in [-0.39, 0.29) is 6.42 Å². The Bertz CT molecular complexity index is 443. The molecule has 1 aromatic carbocycles. The van der Waals surface area contributed by atoms with Crippen molar-refractivity contribution < 1.29 is 19.4 Å². The first-order valence-corrected chi connectivity index (χ1v) is 6.06. The van der Waals surface area contributed by atoms with Gasteiger partial charge in [0.15, 0.2) is 0 Å². The fraction of sp³-hybridized carbons (Fsp3) is 0.462. The Morgan fingerprint density at radius 1 is 1.28 bits per heavy atom. The van der Waals surface area contributed by atoms with Gasteiger partial charge in [-0.15, -0.1) is 0 Å². The van der Waals surface area contributed by atoms with Gasteiger partial charge in [-0.25, -0.2) is 0 Å². The van der Waals surface area contributed by atoms with E-state index < -0.39 is 5.97 Å². The van der Waals surface area contributed by atoms with Crippen LogP contribution in [0.5, 0.6) is 11.5 Å². The number of hydrogen-bond donors (Lipinski definition) is 1. The van der Waals surface area contributed by atoms with Crippen molar-refractivity contribution in [1.29, 1.82) is 0 Å². The molecule has 0 amide bonds. The van der Waals surface area contributed by atoms with E-state index in [4.69, 9.17) is 26.2 Å². The molecule has 0 aromatic heterocycles. The molecule has 0 aliphatic heterocycles. The molecule has 4 nitrogen and oxygen atoms in total. The number of ether oxygens (including phenoxy) is 2. The van der Waals surface area contributed by atoms with Crippen molar-refractivity contribution >= 4 is 17.6 Å². The molecule has 1 rings (SSSR count). The van der Waals surface area contributed by atoms with Crippen molar-refractivity contribution in [3.05, 3.63) is 22.2 Å². The predicted molar refractivity (Wildman–Crippen MR) is 69.9 cm³/mol. The maximum absolute atomic E-state index is 10.6. The molecule has 0 aliphatic carbocycles. The number of halogens is 1. The molecule has 0 fully saturated rings. The lowest BCUT2D eigenvalue weighted by atomic mass is 10.0. The third-order valence-corrected chi connectivity index (χ3v) is 3.07. The van der Waals surface area contributed by atoms with Gasteiger partial charge in [-0.2, -0.15) is 0 Å². The van der Waals surface area contributed by atoms with Gasteiger partial charge in [-0.1, -0.05) is 18.5 Å². The van der Waals surface area contributed by atoms with Crippen LogP contribution in [0.1, 0.15) is 24.5 Å². The average molecular weight is 273 g/mol. The standard InChI is InChI=1S/C13H17ClO4/c1-4-8-7-9(5-6-10(15)16)13(18-3)11(14)12(8)17-2/h7H,4-6H2,1-3H3,(H,15,16). The first kappa shape index (κ1) is 14.6. The highest BCUT2D eigenvalue weighted by atomic mass is 35.5. The van der Waals surface area contributed by atoms with Crippen molar-refractivity contribution in [3.8, 4) is 11.5 Å². The van der Waals surface area contributed by atoms with E-state index in [0.29, 0.717) is 22.9 Å². The van der Waals surface area contributed by atoms with Crippen molar-refractivity contribution in [1.82, 2.24) is 0 Å². The van der Waals surface area contributed by atoms with E-state index in [0.717, 1.165) is 17.5 Å². The number of aryl methyl sites for hydroxylation is 2. The molecule has 0 atom stereocenters. The second kappa shape index (κ2) is 6.50. The first-order valence-electron chi connectivity index (χ1n) is 5.69. The fourth-order valence-corrected chi connectivity index (χ4v) is 2.25. The van der Waals surface area contributed by atoms with Gasteiger partial charge in [-0.3, -0.25) is 4.79 Å². The quantitative estimate of drug-likeness (QED) is 0.865. The number of aliphatic carboxylic acids is 1. The van der Waals surface area contributed by atoms with Gasteiger partial charge >= 0.3 is 5.97 Å². The molecule has 1 N–H and O–H groups in total. The second-order valence-corrected chi connectivity index (χ2v) is 4.20. The molecule has 0 aliphatic rings. The van der Waals surface area contributed by atoms with E-state index >= 15 is 0 Å². The Morgan fingerprint density at radius 3 is 2.28 bits per heavy atom. The van der Waals surface area contributed by atoms with Gasteiger partial charge < -0.3 is 14.6 Å². The van der Waals surface area contributed by atoms with Crippen LogP contribution in [0.2, 0.25) is 5.02 Å². The minimum atomic E-state index is -0.845. The lowest BCUT2D eigenvalue weighted by Crippen LogP contribution is -2.03. The minimum absolute atomic E-state index is 0.0438. The van der Waals surface area contributed by atoms with Gasteiger partial charge in [-0.05, 0) is 30.0 Å². The molecule has 0 radical (unpaired) electrons. The molecule has 18 heavy (non-hydrogen) atoms. The summed E-state index contributed by atoms with van der Waals surface area (Å²) in [6, 6.07) is 1.90. The lowest BCUT2D eigenvalue weighted by Gasteiger charge is -2.16. The third-order valence-electron chi connectivity index (χ3n) is 2.73. The van der Waals surface area contributed by atoms with Gasteiger partial charge in [0.2, 0.25) is 0 Å². The van der Waals surface area contributed by atoms with E-state index in [1.54, 1.807) is 7.11 Å². The van der Waals surface area contributed by atoms with Crippen LogP contribution in [0.15, 0.2) is 6.07 Å². The van der Waals surface area contributed by atoms with Crippen LogP contribution in [0.3, 0.4) is 0 Å². The number of hydrogen-bond acceptors (Lipinski definition) is 3. The summed E-state index contributed by atoms with van der Waals surface area (Å²) in [7, 11) is 3.06. The molecule has 1 aromatic rings. The Morgan fingerprint density at radius 2 is 1.83 bits per heavy atom. The molecular weight excluding hydrogens is 256 g/mol. The number of carbonyl (C=O) groups is 1. The Hall–Kier alpha value is -1.42. The van der Waals surface area contributed by atoms with Crippen LogP contribution >= 0.6 is 11.6 Å². The highest BCUT2D eigenvalue weighted by molar-refractivity contribution is 6.33. The summed E-state index contributed by atoms with van der Waals surface area (Å²) >= 11 is 6.22. The first-order chi connectivity index (χ1) is 8.54. The molecule has 0 saturated heterocycles. The van der Waals surface area contributed by atoms with Crippen LogP contribution in [0.4, 0.5) is 0 Å². The summed E-state index contributed by atoms with van der Waals surface area (Å²) in [6.07, 6.45) is 1.18. The van der Waals surface area contributed by atoms with Gasteiger partial charge in [0, 0.05) is 6.42 Å². The van der Waals surface area contributed by atoms with Gasteiger partial charge in [0.05, 0.1) is 14.2 Å². The molecule has 0 unspecified atom stereocenters. The molecule has 0 saturated carbocycles. The molecule has 0 bridgehead atoms. The van der Waals surface area contributed by atoms with Gasteiger partial charge in [0.25, 0.3) is 0 Å². The Labute approximate surface area is 111 Å². The van der Waals surface area contributed by atoms with Crippen LogP contribution in [-0.4, -0.2) is 25.3 Å². The zero-order valence-corrected chi connectivity index (χ0v) is 11.5. The lowest BCUT2D eigenvalue weighted by molar-refractivity contribution is -0.136. The SMILES string of the molecule is CCc1cc(CCC(=O)O)c(OC)c(Cl)c1OC. The summed E-state index contributed by atoms with van der Waals surface area (Å²) < 4.78 is 10.5. The monoisotopic (exact) mass is 272 g/mol. The van der Waals surface area contributed by atoms with E-state index in [9.17, 15) is 4.79 Å². The third kappa shape index (κ3) is 3.07. The number of carboxylic acids is 1. The largest absolute Gasteiger partial charge is 0.495 e. The van der Waals surface area contributed by atoms with Crippen LogP contribution in [-0.2, 0) is 17.6 Å². The zero-order chi connectivity index (χ0) is 13.7. The topological polar surface area (TPSA) is 55.8 Å². The van der Waals surface area contributed by atoms with Crippen molar-refractivity contribution in [3.63, 3.8) is 0 Å². The second-order valence-electron chi connectivity index (χ2n) is 3.82.